The van der Waals surface area contributed by atoms with E-state index in [-0.39, 0.29) is 11.3 Å². The molecule has 6 nitrogen and oxygen atoms in total. The van der Waals surface area contributed by atoms with Crippen LogP contribution >= 0.6 is 0 Å². The number of nitrogens with zero attached hydrogens (tertiary/aromatic N) is 2. The van der Waals surface area contributed by atoms with E-state index in [0.29, 0.717) is 18.8 Å². The van der Waals surface area contributed by atoms with Crippen LogP contribution in [0.25, 0.3) is 0 Å². The van der Waals surface area contributed by atoms with Gasteiger partial charge in [-0.2, -0.15) is 5.26 Å². The Hall–Kier alpha value is -3.33. The highest BCUT2D eigenvalue weighted by molar-refractivity contribution is 5.97. The fraction of sp³-hybridized carbons (Fsp3) is 0.118. The Balaban J connectivity index is 1.85. The van der Waals surface area contributed by atoms with Crippen molar-refractivity contribution in [1.82, 2.24) is 10.3 Å². The highest BCUT2D eigenvalue weighted by Gasteiger charge is 2.08. The molecule has 1 amide bonds. The molecule has 0 bridgehead atoms. The normalized spacial score (nSPS) is 10.7. The summed E-state index contributed by atoms with van der Waals surface area (Å²) in [5, 5.41) is 23.7. The summed E-state index contributed by atoms with van der Waals surface area (Å²) >= 11 is 0. The zero-order valence-corrected chi connectivity index (χ0v) is 12.4. The van der Waals surface area contributed by atoms with Crippen LogP contribution in [-0.4, -0.2) is 22.5 Å². The molecule has 23 heavy (non-hydrogen) atoms. The summed E-state index contributed by atoms with van der Waals surface area (Å²) in [6.07, 6.45) is 3.55. The molecule has 0 saturated heterocycles. The maximum absolute atomic E-state index is 11.9. The van der Waals surface area contributed by atoms with Gasteiger partial charge < -0.3 is 15.7 Å². The number of phenolic OH excluding ortho intramolecular Hbond substituents is 1. The standard InChI is InChI=1S/C17H16N4O2/c18-11-14(12-21-16-3-1-2-9-19-16)17(23)20-10-8-13-4-6-15(22)7-5-13/h1-7,9,12,22H,8,10H2,(H,19,21)(H,20,23)/b14-12-. The molecule has 0 atom stereocenters. The molecule has 0 aliphatic rings. The Morgan fingerprint density at radius 2 is 2.04 bits per heavy atom. The van der Waals surface area contributed by atoms with Crippen LogP contribution in [0.4, 0.5) is 5.82 Å². The number of benzene rings is 1. The van der Waals surface area contributed by atoms with Crippen LogP contribution in [0.5, 0.6) is 5.75 Å². The monoisotopic (exact) mass is 308 g/mol. The third kappa shape index (κ3) is 5.17. The third-order valence-corrected chi connectivity index (χ3v) is 3.03. The molecular formula is C17H16N4O2. The fourth-order valence-electron chi connectivity index (χ4n) is 1.82. The summed E-state index contributed by atoms with van der Waals surface area (Å²) in [6.45, 7) is 0.395. The summed E-state index contributed by atoms with van der Waals surface area (Å²) in [7, 11) is 0. The summed E-state index contributed by atoms with van der Waals surface area (Å²) in [6, 6.07) is 13.9. The van der Waals surface area contributed by atoms with Gasteiger partial charge in [0.25, 0.3) is 5.91 Å². The molecule has 116 valence electrons. The molecule has 0 spiro atoms. The maximum atomic E-state index is 11.9. The Bertz CT molecular complexity index is 719. The number of rotatable bonds is 6. The molecule has 0 radical (unpaired) electrons. The van der Waals surface area contributed by atoms with Crippen LogP contribution < -0.4 is 10.6 Å². The number of phenols is 1. The van der Waals surface area contributed by atoms with Crippen molar-refractivity contribution < 1.29 is 9.90 Å². The maximum Gasteiger partial charge on any atom is 0.263 e. The minimum absolute atomic E-state index is 0.0265. The predicted molar refractivity (Wildman–Crippen MR) is 86.4 cm³/mol. The van der Waals surface area contributed by atoms with Crippen molar-refractivity contribution in [1.29, 1.82) is 5.26 Å². The highest BCUT2D eigenvalue weighted by Crippen LogP contribution is 2.09. The first-order valence-electron chi connectivity index (χ1n) is 7.03. The third-order valence-electron chi connectivity index (χ3n) is 3.03. The first-order chi connectivity index (χ1) is 11.2. The Labute approximate surface area is 134 Å². The van der Waals surface area contributed by atoms with E-state index in [4.69, 9.17) is 5.26 Å². The predicted octanol–water partition coefficient (Wildman–Crippen LogP) is 1.97. The molecule has 1 aromatic carbocycles. The number of carbonyl (C=O) groups excluding carboxylic acids is 1. The largest absolute Gasteiger partial charge is 0.508 e. The van der Waals surface area contributed by atoms with Gasteiger partial charge >= 0.3 is 0 Å². The summed E-state index contributed by atoms with van der Waals surface area (Å²) < 4.78 is 0. The van der Waals surface area contributed by atoms with E-state index in [0.717, 1.165) is 5.56 Å². The molecule has 6 heteroatoms. The van der Waals surface area contributed by atoms with Crippen LogP contribution in [0.2, 0.25) is 0 Å². The molecule has 2 aromatic rings. The highest BCUT2D eigenvalue weighted by atomic mass is 16.3. The van der Waals surface area contributed by atoms with Crippen molar-refractivity contribution in [3.63, 3.8) is 0 Å². The van der Waals surface area contributed by atoms with E-state index in [9.17, 15) is 9.90 Å². The second-order valence-corrected chi connectivity index (χ2v) is 4.70. The second-order valence-electron chi connectivity index (χ2n) is 4.70. The van der Waals surface area contributed by atoms with Crippen molar-refractivity contribution in [2.45, 2.75) is 6.42 Å². The van der Waals surface area contributed by atoms with Crippen LogP contribution in [0.3, 0.4) is 0 Å². The smallest absolute Gasteiger partial charge is 0.263 e. The first kappa shape index (κ1) is 16.0. The average molecular weight is 308 g/mol. The zero-order chi connectivity index (χ0) is 16.5. The molecule has 0 aliphatic carbocycles. The number of carbonyl (C=O) groups is 1. The molecule has 1 aromatic heterocycles. The van der Waals surface area contributed by atoms with Gasteiger partial charge in [0.2, 0.25) is 0 Å². The lowest BCUT2D eigenvalue weighted by Crippen LogP contribution is -2.27. The molecule has 1 heterocycles. The van der Waals surface area contributed by atoms with Crippen molar-refractivity contribution in [2.24, 2.45) is 0 Å². The summed E-state index contributed by atoms with van der Waals surface area (Å²) in [4.78, 5) is 16.0. The average Bonchev–Trinajstić information content (AvgIpc) is 2.58. The number of aromatic hydroxyl groups is 1. The van der Waals surface area contributed by atoms with Crippen molar-refractivity contribution in [3.8, 4) is 11.8 Å². The van der Waals surface area contributed by atoms with Gasteiger partial charge in [0, 0.05) is 18.9 Å². The van der Waals surface area contributed by atoms with E-state index in [2.05, 4.69) is 15.6 Å². The minimum atomic E-state index is -0.449. The van der Waals surface area contributed by atoms with Gasteiger partial charge in [0.15, 0.2) is 0 Å². The van der Waals surface area contributed by atoms with Gasteiger partial charge in [-0.05, 0) is 36.2 Å². The summed E-state index contributed by atoms with van der Waals surface area (Å²) in [5.74, 6) is 0.305. The van der Waals surface area contributed by atoms with Gasteiger partial charge in [0.1, 0.15) is 23.2 Å². The number of pyridine rings is 1. The number of aromatic nitrogens is 1. The van der Waals surface area contributed by atoms with Gasteiger partial charge in [-0.3, -0.25) is 4.79 Å². The van der Waals surface area contributed by atoms with E-state index in [1.807, 2.05) is 6.07 Å². The Morgan fingerprint density at radius 1 is 1.26 bits per heavy atom. The van der Waals surface area contributed by atoms with Crippen molar-refractivity contribution in [3.05, 3.63) is 66.0 Å². The van der Waals surface area contributed by atoms with Gasteiger partial charge in [0.05, 0.1) is 0 Å². The Morgan fingerprint density at radius 3 is 2.70 bits per heavy atom. The van der Waals surface area contributed by atoms with Gasteiger partial charge in [-0.15, -0.1) is 0 Å². The lowest BCUT2D eigenvalue weighted by molar-refractivity contribution is -0.117. The number of hydrogen-bond acceptors (Lipinski definition) is 5. The molecule has 0 fully saturated rings. The topological polar surface area (TPSA) is 98.0 Å². The molecule has 3 N–H and O–H groups in total. The lowest BCUT2D eigenvalue weighted by Gasteiger charge is -2.05. The van der Waals surface area contributed by atoms with E-state index in [1.54, 1.807) is 48.7 Å². The summed E-state index contributed by atoms with van der Waals surface area (Å²) in [5.41, 5.74) is 0.957. The van der Waals surface area contributed by atoms with E-state index < -0.39 is 5.91 Å². The lowest BCUT2D eigenvalue weighted by atomic mass is 10.1. The van der Waals surface area contributed by atoms with Gasteiger partial charge in [-0.25, -0.2) is 4.98 Å². The van der Waals surface area contributed by atoms with Crippen molar-refractivity contribution in [2.75, 3.05) is 11.9 Å². The minimum Gasteiger partial charge on any atom is -0.508 e. The van der Waals surface area contributed by atoms with Crippen LogP contribution in [0.15, 0.2) is 60.4 Å². The SMILES string of the molecule is N#C/C(=C/Nc1ccccn1)C(=O)NCCc1ccc(O)cc1. The zero-order valence-electron chi connectivity index (χ0n) is 12.4. The molecule has 0 unspecified atom stereocenters. The van der Waals surface area contributed by atoms with Crippen LogP contribution in [0.1, 0.15) is 5.56 Å². The van der Waals surface area contributed by atoms with Crippen molar-refractivity contribution >= 4 is 11.7 Å². The number of nitrogens with one attached hydrogen (secondary N) is 2. The second kappa shape index (κ2) is 8.20. The molecule has 0 aliphatic heterocycles. The first-order valence-corrected chi connectivity index (χ1v) is 7.03. The van der Waals surface area contributed by atoms with Crippen LogP contribution in [-0.2, 0) is 11.2 Å². The Kier molecular flexibility index (Phi) is 5.72. The van der Waals surface area contributed by atoms with E-state index in [1.165, 1.54) is 6.20 Å². The number of anilines is 1. The number of hydrogen-bond donors (Lipinski definition) is 3. The molecule has 2 rings (SSSR count). The quantitative estimate of drug-likeness (QED) is 0.560. The number of nitriles is 1. The molecule has 0 saturated carbocycles. The van der Waals surface area contributed by atoms with E-state index >= 15 is 0 Å². The van der Waals surface area contributed by atoms with Gasteiger partial charge in [-0.1, -0.05) is 18.2 Å². The van der Waals surface area contributed by atoms with Crippen LogP contribution in [0, 0.1) is 11.3 Å². The fourth-order valence-corrected chi connectivity index (χ4v) is 1.82. The molecular weight excluding hydrogens is 292 g/mol. The number of amides is 1.